The molecular formula is C15H13F2NO2. The number of ether oxygens (including phenoxy) is 2. The van der Waals surface area contributed by atoms with Crippen molar-refractivity contribution in [3.05, 3.63) is 59.2 Å². The molecule has 0 amide bonds. The zero-order chi connectivity index (χ0) is 14.1. The largest absolute Gasteiger partial charge is 0.486 e. The molecule has 1 atom stereocenters. The normalized spacial score (nSPS) is 14.9. The molecular weight excluding hydrogens is 264 g/mol. The summed E-state index contributed by atoms with van der Waals surface area (Å²) in [6, 6.07) is 8.42. The number of fused-ring (bicyclic) bond motifs is 1. The SMILES string of the molecule is NC(c1ccc(F)c(F)c1)c1ccc2c(c1)OCCO2. The smallest absolute Gasteiger partial charge is 0.161 e. The second-order valence-corrected chi connectivity index (χ2v) is 4.55. The molecule has 3 nitrogen and oxygen atoms in total. The van der Waals surface area contributed by atoms with Crippen molar-refractivity contribution in [1.29, 1.82) is 0 Å². The molecule has 0 fully saturated rings. The maximum atomic E-state index is 13.3. The summed E-state index contributed by atoms with van der Waals surface area (Å²) < 4.78 is 37.1. The van der Waals surface area contributed by atoms with Crippen LogP contribution < -0.4 is 15.2 Å². The van der Waals surface area contributed by atoms with Crippen LogP contribution in [0.4, 0.5) is 8.78 Å². The first-order valence-electron chi connectivity index (χ1n) is 6.25. The zero-order valence-electron chi connectivity index (χ0n) is 10.6. The quantitative estimate of drug-likeness (QED) is 0.918. The standard InChI is InChI=1S/C15H13F2NO2/c16-11-3-1-9(7-12(11)17)15(18)10-2-4-13-14(8-10)20-6-5-19-13/h1-4,7-8,15H,5-6,18H2. The van der Waals surface area contributed by atoms with Gasteiger partial charge < -0.3 is 15.2 Å². The molecule has 3 rings (SSSR count). The van der Waals surface area contributed by atoms with E-state index >= 15 is 0 Å². The van der Waals surface area contributed by atoms with Crippen LogP contribution in [0.1, 0.15) is 17.2 Å². The van der Waals surface area contributed by atoms with E-state index in [0.29, 0.717) is 30.3 Å². The first-order valence-corrected chi connectivity index (χ1v) is 6.25. The highest BCUT2D eigenvalue weighted by atomic mass is 19.2. The number of hydrogen-bond acceptors (Lipinski definition) is 3. The predicted octanol–water partition coefficient (Wildman–Crippen LogP) is 2.78. The van der Waals surface area contributed by atoms with Gasteiger partial charge in [-0.15, -0.1) is 0 Å². The average Bonchev–Trinajstić information content (AvgIpc) is 2.49. The lowest BCUT2D eigenvalue weighted by molar-refractivity contribution is 0.171. The monoisotopic (exact) mass is 277 g/mol. The van der Waals surface area contributed by atoms with E-state index in [9.17, 15) is 8.78 Å². The van der Waals surface area contributed by atoms with E-state index in [4.69, 9.17) is 15.2 Å². The van der Waals surface area contributed by atoms with Crippen molar-refractivity contribution in [2.24, 2.45) is 5.73 Å². The van der Waals surface area contributed by atoms with Gasteiger partial charge in [0.05, 0.1) is 6.04 Å². The Labute approximate surface area is 114 Å². The molecule has 0 spiro atoms. The van der Waals surface area contributed by atoms with Gasteiger partial charge in [-0.2, -0.15) is 0 Å². The van der Waals surface area contributed by atoms with E-state index in [1.54, 1.807) is 18.2 Å². The minimum atomic E-state index is -0.907. The molecule has 0 saturated heterocycles. The first-order chi connectivity index (χ1) is 9.65. The fourth-order valence-corrected chi connectivity index (χ4v) is 2.15. The average molecular weight is 277 g/mol. The molecule has 5 heteroatoms. The molecule has 0 aliphatic carbocycles. The number of hydrogen-bond donors (Lipinski definition) is 1. The molecule has 1 aliphatic heterocycles. The highest BCUT2D eigenvalue weighted by Crippen LogP contribution is 2.33. The predicted molar refractivity (Wildman–Crippen MR) is 69.8 cm³/mol. The second kappa shape index (κ2) is 5.09. The van der Waals surface area contributed by atoms with E-state index in [-0.39, 0.29) is 0 Å². The molecule has 2 aromatic rings. The Balaban J connectivity index is 1.93. The topological polar surface area (TPSA) is 44.5 Å². The summed E-state index contributed by atoms with van der Waals surface area (Å²) in [7, 11) is 0. The third-order valence-corrected chi connectivity index (χ3v) is 3.23. The number of halogens is 2. The van der Waals surface area contributed by atoms with Gasteiger partial charge in [0.1, 0.15) is 13.2 Å². The van der Waals surface area contributed by atoms with Gasteiger partial charge in [-0.05, 0) is 35.4 Å². The summed E-state index contributed by atoms with van der Waals surface area (Å²) in [5.74, 6) is -0.511. The van der Waals surface area contributed by atoms with E-state index < -0.39 is 17.7 Å². The molecule has 20 heavy (non-hydrogen) atoms. The minimum Gasteiger partial charge on any atom is -0.486 e. The molecule has 0 saturated carbocycles. The van der Waals surface area contributed by atoms with Gasteiger partial charge in [-0.3, -0.25) is 0 Å². The summed E-state index contributed by atoms with van der Waals surface area (Å²) in [5, 5.41) is 0. The van der Waals surface area contributed by atoms with Crippen LogP contribution in [0.3, 0.4) is 0 Å². The van der Waals surface area contributed by atoms with Crippen LogP contribution in [-0.2, 0) is 0 Å². The Morgan fingerprint density at radius 2 is 1.50 bits per heavy atom. The number of nitrogens with two attached hydrogens (primary N) is 1. The van der Waals surface area contributed by atoms with Gasteiger partial charge in [0.2, 0.25) is 0 Å². The Morgan fingerprint density at radius 1 is 0.850 bits per heavy atom. The first kappa shape index (κ1) is 12.9. The maximum absolute atomic E-state index is 13.3. The Bertz CT molecular complexity index is 646. The van der Waals surface area contributed by atoms with Crippen LogP contribution in [0.25, 0.3) is 0 Å². The Hall–Kier alpha value is -2.14. The van der Waals surface area contributed by atoms with E-state index in [1.165, 1.54) is 6.07 Å². The number of rotatable bonds is 2. The summed E-state index contributed by atoms with van der Waals surface area (Å²) in [5.41, 5.74) is 7.33. The lowest BCUT2D eigenvalue weighted by Gasteiger charge is -2.20. The van der Waals surface area contributed by atoms with Gasteiger partial charge in [-0.25, -0.2) is 8.78 Å². The van der Waals surface area contributed by atoms with Crippen molar-refractivity contribution in [3.63, 3.8) is 0 Å². The van der Waals surface area contributed by atoms with E-state index in [0.717, 1.165) is 17.7 Å². The van der Waals surface area contributed by atoms with E-state index in [2.05, 4.69) is 0 Å². The van der Waals surface area contributed by atoms with Crippen LogP contribution in [0.15, 0.2) is 36.4 Å². The summed E-state index contributed by atoms with van der Waals surface area (Å²) in [6.07, 6.45) is 0. The van der Waals surface area contributed by atoms with Crippen molar-refractivity contribution >= 4 is 0 Å². The lowest BCUT2D eigenvalue weighted by Crippen LogP contribution is -2.17. The van der Waals surface area contributed by atoms with Crippen LogP contribution in [0.5, 0.6) is 11.5 Å². The summed E-state index contributed by atoms with van der Waals surface area (Å²) in [4.78, 5) is 0. The summed E-state index contributed by atoms with van der Waals surface area (Å²) >= 11 is 0. The van der Waals surface area contributed by atoms with Crippen LogP contribution in [-0.4, -0.2) is 13.2 Å². The molecule has 1 unspecified atom stereocenters. The van der Waals surface area contributed by atoms with Gasteiger partial charge in [-0.1, -0.05) is 12.1 Å². The lowest BCUT2D eigenvalue weighted by atomic mass is 9.99. The van der Waals surface area contributed by atoms with Crippen molar-refractivity contribution in [3.8, 4) is 11.5 Å². The Kier molecular flexibility index (Phi) is 3.28. The molecule has 1 heterocycles. The minimum absolute atomic E-state index is 0.483. The van der Waals surface area contributed by atoms with Gasteiger partial charge in [0, 0.05) is 0 Å². The fourth-order valence-electron chi connectivity index (χ4n) is 2.15. The second-order valence-electron chi connectivity index (χ2n) is 4.55. The highest BCUT2D eigenvalue weighted by Gasteiger charge is 2.16. The third-order valence-electron chi connectivity index (χ3n) is 3.23. The van der Waals surface area contributed by atoms with Crippen molar-refractivity contribution in [1.82, 2.24) is 0 Å². The highest BCUT2D eigenvalue weighted by molar-refractivity contribution is 5.46. The van der Waals surface area contributed by atoms with E-state index in [1.807, 2.05) is 0 Å². The molecule has 0 aromatic heterocycles. The summed E-state index contributed by atoms with van der Waals surface area (Å²) in [6.45, 7) is 0.998. The van der Waals surface area contributed by atoms with Gasteiger partial charge in [0.15, 0.2) is 23.1 Å². The Morgan fingerprint density at radius 3 is 2.25 bits per heavy atom. The third kappa shape index (κ3) is 2.32. The van der Waals surface area contributed by atoms with Crippen LogP contribution in [0, 0.1) is 11.6 Å². The molecule has 1 aliphatic rings. The van der Waals surface area contributed by atoms with Crippen LogP contribution >= 0.6 is 0 Å². The zero-order valence-corrected chi connectivity index (χ0v) is 10.6. The number of benzene rings is 2. The molecule has 104 valence electrons. The van der Waals surface area contributed by atoms with Crippen molar-refractivity contribution < 1.29 is 18.3 Å². The van der Waals surface area contributed by atoms with Gasteiger partial charge >= 0.3 is 0 Å². The van der Waals surface area contributed by atoms with Crippen molar-refractivity contribution in [2.75, 3.05) is 13.2 Å². The molecule has 2 aromatic carbocycles. The van der Waals surface area contributed by atoms with Crippen LogP contribution in [0.2, 0.25) is 0 Å². The van der Waals surface area contributed by atoms with Crippen molar-refractivity contribution in [2.45, 2.75) is 6.04 Å². The molecule has 2 N–H and O–H groups in total. The van der Waals surface area contributed by atoms with Gasteiger partial charge in [0.25, 0.3) is 0 Å². The molecule has 0 bridgehead atoms. The maximum Gasteiger partial charge on any atom is 0.161 e. The fraction of sp³-hybridized carbons (Fsp3) is 0.200. The molecule has 0 radical (unpaired) electrons.